The summed E-state index contributed by atoms with van der Waals surface area (Å²) in [4.78, 5) is 2.50. The van der Waals surface area contributed by atoms with Crippen LogP contribution < -0.4 is 5.32 Å². The highest BCUT2D eigenvalue weighted by Gasteiger charge is 2.25. The summed E-state index contributed by atoms with van der Waals surface area (Å²) in [6.07, 6.45) is 3.39. The Labute approximate surface area is 93.9 Å². The molecule has 3 nitrogen and oxygen atoms in total. The molecule has 1 saturated heterocycles. The number of aliphatic hydroxyl groups is 1. The molecular weight excluding hydrogens is 188 g/mol. The predicted octanol–water partition coefficient (Wildman–Crippen LogP) is 1.08. The van der Waals surface area contributed by atoms with Crippen LogP contribution in [0.4, 0.5) is 0 Å². The summed E-state index contributed by atoms with van der Waals surface area (Å²) in [6, 6.07) is 0.634. The third kappa shape index (κ3) is 4.49. The molecule has 2 unspecified atom stereocenters. The van der Waals surface area contributed by atoms with Gasteiger partial charge in [0.05, 0.1) is 0 Å². The monoisotopic (exact) mass is 214 g/mol. The van der Waals surface area contributed by atoms with Gasteiger partial charge in [0.25, 0.3) is 0 Å². The number of aliphatic hydroxyl groups excluding tert-OH is 1. The summed E-state index contributed by atoms with van der Waals surface area (Å²) < 4.78 is 0. The van der Waals surface area contributed by atoms with Crippen LogP contribution in [0.1, 0.15) is 33.1 Å². The first-order valence-corrected chi connectivity index (χ1v) is 6.36. The van der Waals surface area contributed by atoms with Gasteiger partial charge in [0.15, 0.2) is 0 Å². The lowest BCUT2D eigenvalue weighted by atomic mass is 9.91. The molecule has 3 heteroatoms. The van der Waals surface area contributed by atoms with Crippen molar-refractivity contribution in [2.45, 2.75) is 39.2 Å². The zero-order valence-electron chi connectivity index (χ0n) is 10.2. The summed E-state index contributed by atoms with van der Waals surface area (Å²) >= 11 is 0. The highest BCUT2D eigenvalue weighted by molar-refractivity contribution is 4.82. The molecule has 1 heterocycles. The van der Waals surface area contributed by atoms with E-state index in [4.69, 9.17) is 5.11 Å². The number of hydrogen-bond donors (Lipinski definition) is 2. The van der Waals surface area contributed by atoms with E-state index in [0.29, 0.717) is 18.6 Å². The lowest BCUT2D eigenvalue weighted by molar-refractivity contribution is 0.126. The molecule has 0 aromatic heterocycles. The molecule has 0 radical (unpaired) electrons. The van der Waals surface area contributed by atoms with Crippen molar-refractivity contribution >= 4 is 0 Å². The maximum atomic E-state index is 9.00. The second-order valence-electron chi connectivity index (χ2n) is 4.62. The van der Waals surface area contributed by atoms with E-state index in [1.54, 1.807) is 0 Å². The lowest BCUT2D eigenvalue weighted by Crippen LogP contribution is -2.49. The van der Waals surface area contributed by atoms with E-state index in [0.717, 1.165) is 19.5 Å². The maximum Gasteiger partial charge on any atom is 0.0434 e. The lowest BCUT2D eigenvalue weighted by Gasteiger charge is -2.37. The molecule has 1 fully saturated rings. The molecule has 0 aromatic rings. The second-order valence-corrected chi connectivity index (χ2v) is 4.62. The maximum absolute atomic E-state index is 9.00. The molecule has 0 bridgehead atoms. The molecular formula is C12H26N2O. The van der Waals surface area contributed by atoms with Gasteiger partial charge in [-0.25, -0.2) is 0 Å². The van der Waals surface area contributed by atoms with E-state index < -0.39 is 0 Å². The van der Waals surface area contributed by atoms with Gasteiger partial charge in [0, 0.05) is 25.7 Å². The molecule has 0 spiro atoms. The normalized spacial score (nSPS) is 28.2. The van der Waals surface area contributed by atoms with Crippen molar-refractivity contribution in [1.82, 2.24) is 10.2 Å². The number of hydrogen-bond acceptors (Lipinski definition) is 3. The topological polar surface area (TPSA) is 35.5 Å². The Balaban J connectivity index is 2.36. The summed E-state index contributed by atoms with van der Waals surface area (Å²) in [6.45, 7) is 9.36. The Morgan fingerprint density at radius 2 is 2.13 bits per heavy atom. The molecule has 1 aliphatic heterocycles. The largest absolute Gasteiger partial charge is 0.396 e. The van der Waals surface area contributed by atoms with Crippen molar-refractivity contribution in [1.29, 1.82) is 0 Å². The predicted molar refractivity (Wildman–Crippen MR) is 64.0 cm³/mol. The van der Waals surface area contributed by atoms with Crippen molar-refractivity contribution in [3.63, 3.8) is 0 Å². The minimum absolute atomic E-state index is 0.336. The molecule has 1 rings (SSSR count). The van der Waals surface area contributed by atoms with Crippen LogP contribution in [-0.2, 0) is 0 Å². The summed E-state index contributed by atoms with van der Waals surface area (Å²) in [5.74, 6) is 0.679. The number of nitrogens with one attached hydrogen (secondary N) is 1. The van der Waals surface area contributed by atoms with E-state index in [9.17, 15) is 0 Å². The molecule has 90 valence electrons. The molecule has 0 saturated carbocycles. The van der Waals surface area contributed by atoms with Crippen LogP contribution in [0.25, 0.3) is 0 Å². The molecule has 1 aliphatic rings. The van der Waals surface area contributed by atoms with Gasteiger partial charge in [-0.3, -0.25) is 0 Å². The van der Waals surface area contributed by atoms with Crippen molar-refractivity contribution in [2.75, 3.05) is 32.8 Å². The SMILES string of the molecule is CCCNC1CC(CCO)CN(CC)C1. The fraction of sp³-hybridized carbons (Fsp3) is 1.00. The van der Waals surface area contributed by atoms with Crippen molar-refractivity contribution in [2.24, 2.45) is 5.92 Å². The van der Waals surface area contributed by atoms with Crippen molar-refractivity contribution < 1.29 is 5.11 Å². The molecule has 0 aromatic carbocycles. The third-order valence-corrected chi connectivity index (χ3v) is 3.28. The minimum atomic E-state index is 0.336. The average molecular weight is 214 g/mol. The molecule has 2 N–H and O–H groups in total. The minimum Gasteiger partial charge on any atom is -0.396 e. The van der Waals surface area contributed by atoms with Crippen LogP contribution in [-0.4, -0.2) is 48.8 Å². The van der Waals surface area contributed by atoms with Crippen LogP contribution in [0.3, 0.4) is 0 Å². The van der Waals surface area contributed by atoms with Gasteiger partial charge in [-0.2, -0.15) is 0 Å². The quantitative estimate of drug-likeness (QED) is 0.694. The van der Waals surface area contributed by atoms with E-state index in [-0.39, 0.29) is 0 Å². The van der Waals surface area contributed by atoms with Crippen LogP contribution in [0.2, 0.25) is 0 Å². The Morgan fingerprint density at radius 1 is 1.33 bits per heavy atom. The summed E-state index contributed by atoms with van der Waals surface area (Å²) in [5, 5.41) is 12.6. The van der Waals surface area contributed by atoms with Gasteiger partial charge >= 0.3 is 0 Å². The average Bonchev–Trinajstić information content (AvgIpc) is 2.26. The smallest absolute Gasteiger partial charge is 0.0434 e. The molecule has 0 amide bonds. The summed E-state index contributed by atoms with van der Waals surface area (Å²) in [5.41, 5.74) is 0. The number of rotatable bonds is 6. The van der Waals surface area contributed by atoms with Gasteiger partial charge in [-0.05, 0) is 38.3 Å². The highest BCUT2D eigenvalue weighted by Crippen LogP contribution is 2.19. The Morgan fingerprint density at radius 3 is 2.73 bits per heavy atom. The fourth-order valence-corrected chi connectivity index (χ4v) is 2.45. The summed E-state index contributed by atoms with van der Waals surface area (Å²) in [7, 11) is 0. The van der Waals surface area contributed by atoms with Crippen molar-refractivity contribution in [3.8, 4) is 0 Å². The van der Waals surface area contributed by atoms with Gasteiger partial charge in [-0.1, -0.05) is 13.8 Å². The Kier molecular flexibility index (Phi) is 6.22. The van der Waals surface area contributed by atoms with Gasteiger partial charge in [0.1, 0.15) is 0 Å². The zero-order chi connectivity index (χ0) is 11.1. The standard InChI is InChI=1S/C12H26N2O/c1-3-6-13-12-8-11(5-7-15)9-14(4-2)10-12/h11-13,15H,3-10H2,1-2H3. The highest BCUT2D eigenvalue weighted by atomic mass is 16.3. The molecule has 2 atom stereocenters. The van der Waals surface area contributed by atoms with E-state index in [2.05, 4.69) is 24.1 Å². The first-order chi connectivity index (χ1) is 7.30. The van der Waals surface area contributed by atoms with Crippen LogP contribution in [0.15, 0.2) is 0 Å². The Bertz CT molecular complexity index is 164. The third-order valence-electron chi connectivity index (χ3n) is 3.28. The van der Waals surface area contributed by atoms with Gasteiger partial charge in [-0.15, -0.1) is 0 Å². The van der Waals surface area contributed by atoms with Gasteiger partial charge in [0.2, 0.25) is 0 Å². The van der Waals surface area contributed by atoms with Crippen molar-refractivity contribution in [3.05, 3.63) is 0 Å². The molecule has 15 heavy (non-hydrogen) atoms. The van der Waals surface area contributed by atoms with E-state index >= 15 is 0 Å². The number of likely N-dealkylation sites (tertiary alicyclic amines) is 1. The van der Waals surface area contributed by atoms with E-state index in [1.165, 1.54) is 25.9 Å². The number of likely N-dealkylation sites (N-methyl/N-ethyl adjacent to an activating group) is 1. The van der Waals surface area contributed by atoms with Crippen LogP contribution in [0, 0.1) is 5.92 Å². The first kappa shape index (κ1) is 12.9. The zero-order valence-corrected chi connectivity index (χ0v) is 10.2. The fourth-order valence-electron chi connectivity index (χ4n) is 2.45. The van der Waals surface area contributed by atoms with Gasteiger partial charge < -0.3 is 15.3 Å². The Hall–Kier alpha value is -0.120. The first-order valence-electron chi connectivity index (χ1n) is 6.36. The van der Waals surface area contributed by atoms with Crippen LogP contribution in [0.5, 0.6) is 0 Å². The van der Waals surface area contributed by atoms with E-state index in [1.807, 2.05) is 0 Å². The number of nitrogens with zero attached hydrogens (tertiary/aromatic N) is 1. The van der Waals surface area contributed by atoms with Crippen LogP contribution >= 0.6 is 0 Å². The molecule has 0 aliphatic carbocycles. The number of piperidine rings is 1. The second kappa shape index (κ2) is 7.20.